The van der Waals surface area contributed by atoms with Crippen LogP contribution in [-0.2, 0) is 9.53 Å². The van der Waals surface area contributed by atoms with E-state index in [1.165, 1.54) is 11.3 Å². The molecule has 0 spiro atoms. The molecule has 0 saturated heterocycles. The van der Waals surface area contributed by atoms with Gasteiger partial charge < -0.3 is 14.4 Å². The molecule has 0 aliphatic carbocycles. The molecule has 0 radical (unpaired) electrons. The number of benzene rings is 2. The van der Waals surface area contributed by atoms with E-state index in [1.54, 1.807) is 36.6 Å². The number of aromatic nitrogens is 2. The second kappa shape index (κ2) is 10.6. The van der Waals surface area contributed by atoms with Crippen LogP contribution in [0, 0.1) is 20.8 Å². The number of carboxylic acids is 1. The molecule has 4 aromatic rings. The van der Waals surface area contributed by atoms with Gasteiger partial charge in [0.15, 0.2) is 4.80 Å². The third-order valence-corrected chi connectivity index (χ3v) is 8.00. The molecule has 1 aliphatic heterocycles. The number of carboxylic acid groups (broad SMARTS) is 1. The van der Waals surface area contributed by atoms with Gasteiger partial charge in [0, 0.05) is 17.1 Å². The van der Waals surface area contributed by atoms with Gasteiger partial charge in [-0.3, -0.25) is 9.36 Å². The van der Waals surface area contributed by atoms with Gasteiger partial charge in [-0.2, -0.15) is 0 Å². The number of allylic oxidation sites excluding steroid dienone is 1. The Morgan fingerprint density at radius 1 is 1.07 bits per heavy atom. The smallest absolute Gasteiger partial charge is 0.338 e. The number of hydrogen-bond acceptors (Lipinski definition) is 6. The Hall–Kier alpha value is -4.50. The first kappa shape index (κ1) is 27.1. The SMILES string of the molecule is CCOC(=O)C1=C(C)N=c2sc(=Cc3cc(C)n(-c4cccc(C(=O)O)c4)c3C)c(=O)n2[C@@H]1c1ccc(C)cc1. The van der Waals surface area contributed by atoms with Crippen molar-refractivity contribution >= 4 is 29.4 Å². The zero-order valence-corrected chi connectivity index (χ0v) is 23.7. The molecular formula is C31H29N3O5S. The lowest BCUT2D eigenvalue weighted by Crippen LogP contribution is -2.39. The minimum absolute atomic E-state index is 0.198. The van der Waals surface area contributed by atoms with Crippen LogP contribution in [0.15, 0.2) is 75.7 Å². The first-order chi connectivity index (χ1) is 19.1. The molecule has 1 atom stereocenters. The molecule has 2 aromatic carbocycles. The molecule has 40 heavy (non-hydrogen) atoms. The number of rotatable bonds is 6. The van der Waals surface area contributed by atoms with Crippen molar-refractivity contribution in [1.29, 1.82) is 0 Å². The number of ether oxygens (including phenoxy) is 1. The summed E-state index contributed by atoms with van der Waals surface area (Å²) < 4.78 is 9.39. The van der Waals surface area contributed by atoms with Gasteiger partial charge in [-0.25, -0.2) is 14.6 Å². The van der Waals surface area contributed by atoms with Crippen LogP contribution in [0.1, 0.15) is 58.3 Å². The summed E-state index contributed by atoms with van der Waals surface area (Å²) in [5.74, 6) is -1.48. The number of carbonyl (C=O) groups is 2. The molecule has 204 valence electrons. The molecule has 3 heterocycles. The highest BCUT2D eigenvalue weighted by Crippen LogP contribution is 2.31. The van der Waals surface area contributed by atoms with Crippen molar-refractivity contribution in [3.05, 3.63) is 119 Å². The summed E-state index contributed by atoms with van der Waals surface area (Å²) in [7, 11) is 0. The van der Waals surface area contributed by atoms with Crippen LogP contribution in [0.3, 0.4) is 0 Å². The number of aryl methyl sites for hydroxylation is 2. The summed E-state index contributed by atoms with van der Waals surface area (Å²) >= 11 is 1.27. The number of carbonyl (C=O) groups excluding carboxylic acids is 1. The number of aromatic carboxylic acids is 1. The van der Waals surface area contributed by atoms with E-state index in [2.05, 4.69) is 4.99 Å². The van der Waals surface area contributed by atoms with Crippen LogP contribution in [0.4, 0.5) is 0 Å². The summed E-state index contributed by atoms with van der Waals surface area (Å²) in [6.45, 7) is 9.58. The lowest BCUT2D eigenvalue weighted by molar-refractivity contribution is -0.139. The highest BCUT2D eigenvalue weighted by atomic mass is 32.1. The second-order valence-electron chi connectivity index (χ2n) is 9.73. The lowest BCUT2D eigenvalue weighted by Gasteiger charge is -2.24. The van der Waals surface area contributed by atoms with Crippen molar-refractivity contribution in [2.75, 3.05) is 6.61 Å². The molecular weight excluding hydrogens is 526 g/mol. The summed E-state index contributed by atoms with van der Waals surface area (Å²) in [4.78, 5) is 43.7. The number of esters is 1. The minimum Gasteiger partial charge on any atom is -0.478 e. The first-order valence-corrected chi connectivity index (χ1v) is 13.7. The van der Waals surface area contributed by atoms with Crippen LogP contribution in [-0.4, -0.2) is 32.8 Å². The topological polar surface area (TPSA) is 103 Å². The monoisotopic (exact) mass is 555 g/mol. The van der Waals surface area contributed by atoms with E-state index < -0.39 is 18.0 Å². The van der Waals surface area contributed by atoms with Crippen LogP contribution in [0.5, 0.6) is 0 Å². The molecule has 0 saturated carbocycles. The van der Waals surface area contributed by atoms with Gasteiger partial charge in [-0.15, -0.1) is 0 Å². The van der Waals surface area contributed by atoms with Crippen molar-refractivity contribution in [2.45, 2.75) is 40.7 Å². The van der Waals surface area contributed by atoms with Crippen LogP contribution >= 0.6 is 11.3 Å². The molecule has 5 rings (SSSR count). The van der Waals surface area contributed by atoms with Crippen molar-refractivity contribution < 1.29 is 19.4 Å². The maximum atomic E-state index is 13.9. The van der Waals surface area contributed by atoms with E-state index >= 15 is 0 Å². The second-order valence-corrected chi connectivity index (χ2v) is 10.7. The largest absolute Gasteiger partial charge is 0.478 e. The van der Waals surface area contributed by atoms with E-state index in [0.29, 0.717) is 20.6 Å². The summed E-state index contributed by atoms with van der Waals surface area (Å²) in [5, 5.41) is 9.43. The van der Waals surface area contributed by atoms with E-state index in [-0.39, 0.29) is 17.7 Å². The molecule has 0 bridgehead atoms. The zero-order chi connectivity index (χ0) is 28.7. The Bertz CT molecular complexity index is 1870. The van der Waals surface area contributed by atoms with Crippen molar-refractivity contribution in [2.24, 2.45) is 4.99 Å². The maximum Gasteiger partial charge on any atom is 0.338 e. The van der Waals surface area contributed by atoms with Crippen LogP contribution < -0.4 is 14.9 Å². The third kappa shape index (κ3) is 4.73. The van der Waals surface area contributed by atoms with Gasteiger partial charge >= 0.3 is 11.9 Å². The average Bonchev–Trinajstić information content (AvgIpc) is 3.37. The Labute approximate surface area is 234 Å². The van der Waals surface area contributed by atoms with Crippen molar-refractivity contribution in [3.8, 4) is 5.69 Å². The van der Waals surface area contributed by atoms with E-state index in [4.69, 9.17) is 4.74 Å². The van der Waals surface area contributed by atoms with Crippen molar-refractivity contribution in [3.63, 3.8) is 0 Å². The van der Waals surface area contributed by atoms with Gasteiger partial charge in [0.2, 0.25) is 0 Å². The van der Waals surface area contributed by atoms with Gasteiger partial charge in [-0.05, 0) is 76.1 Å². The molecule has 0 unspecified atom stereocenters. The molecule has 1 N–H and O–H groups in total. The Morgan fingerprint density at radius 3 is 2.48 bits per heavy atom. The molecule has 0 fully saturated rings. The Balaban J connectivity index is 1.68. The number of hydrogen-bond donors (Lipinski definition) is 1. The Kier molecular flexibility index (Phi) is 7.16. The minimum atomic E-state index is -0.994. The Morgan fingerprint density at radius 2 is 1.80 bits per heavy atom. The number of fused-ring (bicyclic) bond motifs is 1. The highest BCUT2D eigenvalue weighted by Gasteiger charge is 2.33. The normalized spacial score (nSPS) is 15.1. The molecule has 0 amide bonds. The highest BCUT2D eigenvalue weighted by molar-refractivity contribution is 7.07. The van der Waals surface area contributed by atoms with Crippen LogP contribution in [0.2, 0.25) is 0 Å². The number of nitrogens with zero attached hydrogens (tertiary/aromatic N) is 3. The van der Waals surface area contributed by atoms with Gasteiger partial charge in [0.1, 0.15) is 0 Å². The zero-order valence-electron chi connectivity index (χ0n) is 22.9. The first-order valence-electron chi connectivity index (χ1n) is 12.9. The molecule has 1 aliphatic rings. The average molecular weight is 556 g/mol. The van der Waals surface area contributed by atoms with Crippen LogP contribution in [0.25, 0.3) is 11.8 Å². The van der Waals surface area contributed by atoms with E-state index in [9.17, 15) is 19.5 Å². The summed E-state index contributed by atoms with van der Waals surface area (Å²) in [5.41, 5.74) is 6.01. The molecule has 2 aromatic heterocycles. The fraction of sp³-hybridized carbons (Fsp3) is 0.226. The number of thiazole rings is 1. The van der Waals surface area contributed by atoms with Gasteiger partial charge in [0.05, 0.1) is 34.0 Å². The predicted octanol–water partition coefficient (Wildman–Crippen LogP) is 4.21. The van der Waals surface area contributed by atoms with E-state index in [1.807, 2.05) is 67.8 Å². The lowest BCUT2D eigenvalue weighted by atomic mass is 9.95. The summed E-state index contributed by atoms with van der Waals surface area (Å²) in [6.07, 6.45) is 1.83. The van der Waals surface area contributed by atoms with Crippen molar-refractivity contribution in [1.82, 2.24) is 9.13 Å². The quantitative estimate of drug-likeness (QED) is 0.359. The van der Waals surface area contributed by atoms with E-state index in [0.717, 1.165) is 33.8 Å². The fourth-order valence-corrected chi connectivity index (χ4v) is 6.14. The van der Waals surface area contributed by atoms with Gasteiger partial charge in [-0.1, -0.05) is 47.2 Å². The predicted molar refractivity (Wildman–Crippen MR) is 154 cm³/mol. The standard InChI is InChI=1S/C31H29N3O5S/c1-6-39-30(38)26-19(4)32-31-34(27(26)21-12-10-17(2)11-13-21)28(35)25(40-31)16-23-14-18(3)33(20(23)5)24-9-7-8-22(15-24)29(36)37/h7-16,27H,6H2,1-5H3,(H,36,37)/t27-/m1/s1. The molecule has 8 nitrogen and oxygen atoms in total. The molecule has 9 heteroatoms. The summed E-state index contributed by atoms with van der Waals surface area (Å²) in [6, 6.07) is 15.8. The fourth-order valence-electron chi connectivity index (χ4n) is 5.11. The maximum absolute atomic E-state index is 13.9. The van der Waals surface area contributed by atoms with Gasteiger partial charge in [0.25, 0.3) is 5.56 Å². The third-order valence-electron chi connectivity index (χ3n) is 7.02.